The van der Waals surface area contributed by atoms with Crippen LogP contribution in [-0.4, -0.2) is 23.6 Å². The molecule has 1 amide bonds. The second-order valence-electron chi connectivity index (χ2n) is 3.76. The van der Waals surface area contributed by atoms with E-state index < -0.39 is 11.9 Å². The van der Waals surface area contributed by atoms with Gasteiger partial charge in [-0.1, -0.05) is 22.0 Å². The number of aromatic carboxylic acids is 1. The van der Waals surface area contributed by atoms with Crippen molar-refractivity contribution in [2.45, 2.75) is 0 Å². The van der Waals surface area contributed by atoms with Crippen LogP contribution in [0.1, 0.15) is 9.67 Å². The summed E-state index contributed by atoms with van der Waals surface area (Å²) in [6.07, 6.45) is 0. The fourth-order valence-corrected chi connectivity index (χ4v) is 2.53. The second-order valence-corrected chi connectivity index (χ2v) is 5.59. The lowest BCUT2D eigenvalue weighted by atomic mass is 10.3. The van der Waals surface area contributed by atoms with E-state index in [0.29, 0.717) is 5.75 Å². The third-order valence-corrected chi connectivity index (χ3v) is 3.70. The number of ether oxygens (including phenoxy) is 1. The van der Waals surface area contributed by atoms with Gasteiger partial charge in [-0.15, -0.1) is 11.3 Å². The Labute approximate surface area is 127 Å². The number of hydrogen-bond acceptors (Lipinski definition) is 4. The number of amides is 1. The standard InChI is InChI=1S/C13H10BrNO4S/c14-8-2-1-3-9(6-8)19-7-11(16)15-10-4-5-20-12(10)13(17)18/h1-6H,7H2,(H,15,16)(H,17,18). The Kier molecular flexibility index (Phi) is 4.75. The highest BCUT2D eigenvalue weighted by Gasteiger charge is 2.14. The van der Waals surface area contributed by atoms with Crippen LogP contribution >= 0.6 is 27.3 Å². The largest absolute Gasteiger partial charge is 0.484 e. The van der Waals surface area contributed by atoms with E-state index in [1.165, 1.54) is 0 Å². The van der Waals surface area contributed by atoms with E-state index in [1.54, 1.807) is 29.6 Å². The van der Waals surface area contributed by atoms with E-state index in [4.69, 9.17) is 9.84 Å². The van der Waals surface area contributed by atoms with E-state index in [-0.39, 0.29) is 17.2 Å². The van der Waals surface area contributed by atoms with Crippen molar-refractivity contribution in [3.8, 4) is 5.75 Å². The number of carboxylic acids is 1. The fraction of sp³-hybridized carbons (Fsp3) is 0.0769. The first-order chi connectivity index (χ1) is 9.56. The van der Waals surface area contributed by atoms with Gasteiger partial charge in [-0.25, -0.2) is 4.79 Å². The topological polar surface area (TPSA) is 75.6 Å². The smallest absolute Gasteiger partial charge is 0.348 e. The Hall–Kier alpha value is -1.86. The van der Waals surface area contributed by atoms with Crippen LogP contribution in [0.3, 0.4) is 0 Å². The van der Waals surface area contributed by atoms with E-state index in [2.05, 4.69) is 21.2 Å². The Morgan fingerprint density at radius 1 is 1.35 bits per heavy atom. The van der Waals surface area contributed by atoms with Gasteiger partial charge in [-0.05, 0) is 29.6 Å². The summed E-state index contributed by atoms with van der Waals surface area (Å²) in [6, 6.07) is 8.65. The molecular formula is C13H10BrNO4S. The first-order valence-electron chi connectivity index (χ1n) is 5.55. The van der Waals surface area contributed by atoms with Crippen LogP contribution in [0.25, 0.3) is 0 Å². The van der Waals surface area contributed by atoms with Crippen LogP contribution in [0.4, 0.5) is 5.69 Å². The molecule has 0 aliphatic heterocycles. The highest BCUT2D eigenvalue weighted by atomic mass is 79.9. The van der Waals surface area contributed by atoms with Crippen molar-refractivity contribution in [1.29, 1.82) is 0 Å². The van der Waals surface area contributed by atoms with Crippen molar-refractivity contribution in [2.75, 3.05) is 11.9 Å². The van der Waals surface area contributed by atoms with Gasteiger partial charge in [0.15, 0.2) is 6.61 Å². The molecule has 0 fully saturated rings. The second kappa shape index (κ2) is 6.53. The fourth-order valence-electron chi connectivity index (χ4n) is 1.47. The van der Waals surface area contributed by atoms with Crippen LogP contribution in [0.5, 0.6) is 5.75 Å². The lowest BCUT2D eigenvalue weighted by Gasteiger charge is -2.07. The molecule has 2 aromatic rings. The molecule has 1 aromatic heterocycles. The summed E-state index contributed by atoms with van der Waals surface area (Å²) < 4.78 is 6.16. The molecule has 1 heterocycles. The highest BCUT2D eigenvalue weighted by molar-refractivity contribution is 9.10. The average Bonchev–Trinajstić information content (AvgIpc) is 2.85. The van der Waals surface area contributed by atoms with Crippen LogP contribution < -0.4 is 10.1 Å². The number of thiophene rings is 1. The monoisotopic (exact) mass is 355 g/mol. The van der Waals surface area contributed by atoms with Gasteiger partial charge in [0.1, 0.15) is 10.6 Å². The maximum absolute atomic E-state index is 11.7. The zero-order chi connectivity index (χ0) is 14.5. The number of benzene rings is 1. The van der Waals surface area contributed by atoms with Crippen molar-refractivity contribution < 1.29 is 19.4 Å². The van der Waals surface area contributed by atoms with Crippen molar-refractivity contribution in [1.82, 2.24) is 0 Å². The number of carboxylic acid groups (broad SMARTS) is 1. The van der Waals surface area contributed by atoms with Gasteiger partial charge in [-0.3, -0.25) is 4.79 Å². The van der Waals surface area contributed by atoms with Crippen molar-refractivity contribution in [3.05, 3.63) is 45.1 Å². The molecule has 104 valence electrons. The lowest BCUT2D eigenvalue weighted by molar-refractivity contribution is -0.118. The summed E-state index contributed by atoms with van der Waals surface area (Å²) in [4.78, 5) is 22.7. The van der Waals surface area contributed by atoms with Crippen LogP contribution in [0.2, 0.25) is 0 Å². The third kappa shape index (κ3) is 3.82. The van der Waals surface area contributed by atoms with E-state index >= 15 is 0 Å². The number of carbonyl (C=O) groups excluding carboxylic acids is 1. The lowest BCUT2D eigenvalue weighted by Crippen LogP contribution is -2.20. The SMILES string of the molecule is O=C(COc1cccc(Br)c1)Nc1ccsc1C(=O)O. The molecule has 20 heavy (non-hydrogen) atoms. The molecule has 0 radical (unpaired) electrons. The molecule has 0 aliphatic carbocycles. The van der Waals surface area contributed by atoms with Crippen LogP contribution in [-0.2, 0) is 4.79 Å². The number of carbonyl (C=O) groups is 2. The normalized spacial score (nSPS) is 10.1. The number of halogens is 1. The molecule has 2 N–H and O–H groups in total. The van der Waals surface area contributed by atoms with Crippen LogP contribution in [0, 0.1) is 0 Å². The summed E-state index contributed by atoms with van der Waals surface area (Å²) in [6.45, 7) is -0.189. The van der Waals surface area contributed by atoms with E-state index in [9.17, 15) is 9.59 Å². The molecule has 0 saturated heterocycles. The quantitative estimate of drug-likeness (QED) is 0.863. The first kappa shape index (κ1) is 14.5. The molecule has 0 spiro atoms. The van der Waals surface area contributed by atoms with Crippen molar-refractivity contribution in [3.63, 3.8) is 0 Å². The molecular weight excluding hydrogens is 346 g/mol. The zero-order valence-corrected chi connectivity index (χ0v) is 12.5. The van der Waals surface area contributed by atoms with Gasteiger partial charge in [0.2, 0.25) is 0 Å². The molecule has 2 rings (SSSR count). The minimum absolute atomic E-state index is 0.0980. The maximum atomic E-state index is 11.7. The molecule has 0 aliphatic rings. The number of nitrogens with one attached hydrogen (secondary N) is 1. The maximum Gasteiger partial charge on any atom is 0.348 e. The summed E-state index contributed by atoms with van der Waals surface area (Å²) in [5.41, 5.74) is 0.283. The number of hydrogen-bond donors (Lipinski definition) is 2. The highest BCUT2D eigenvalue weighted by Crippen LogP contribution is 2.22. The third-order valence-electron chi connectivity index (χ3n) is 2.30. The minimum Gasteiger partial charge on any atom is -0.484 e. The Balaban J connectivity index is 1.93. The molecule has 7 heteroatoms. The van der Waals surface area contributed by atoms with Gasteiger partial charge in [0.25, 0.3) is 5.91 Å². The predicted octanol–water partition coefficient (Wildman–Crippen LogP) is 3.23. The van der Waals surface area contributed by atoms with E-state index in [1.807, 2.05) is 6.07 Å². The molecule has 0 bridgehead atoms. The molecule has 0 unspecified atom stereocenters. The predicted molar refractivity (Wildman–Crippen MR) is 79.5 cm³/mol. The molecule has 0 saturated carbocycles. The first-order valence-corrected chi connectivity index (χ1v) is 7.22. The Bertz CT molecular complexity index is 641. The Morgan fingerprint density at radius 2 is 2.15 bits per heavy atom. The molecule has 0 atom stereocenters. The molecule has 5 nitrogen and oxygen atoms in total. The minimum atomic E-state index is -1.07. The summed E-state index contributed by atoms with van der Waals surface area (Å²) >= 11 is 4.35. The summed E-state index contributed by atoms with van der Waals surface area (Å²) in [5, 5.41) is 13.0. The molecule has 1 aromatic carbocycles. The van der Waals surface area contributed by atoms with Gasteiger partial charge < -0.3 is 15.2 Å². The summed E-state index contributed by atoms with van der Waals surface area (Å²) in [5.74, 6) is -0.924. The van der Waals surface area contributed by atoms with Gasteiger partial charge >= 0.3 is 5.97 Å². The van der Waals surface area contributed by atoms with Crippen molar-refractivity contribution >= 4 is 44.8 Å². The van der Waals surface area contributed by atoms with Crippen molar-refractivity contribution in [2.24, 2.45) is 0 Å². The van der Waals surface area contributed by atoms with Gasteiger partial charge in [0.05, 0.1) is 5.69 Å². The average molecular weight is 356 g/mol. The summed E-state index contributed by atoms with van der Waals surface area (Å²) in [7, 11) is 0. The van der Waals surface area contributed by atoms with Gasteiger partial charge in [0, 0.05) is 4.47 Å². The number of anilines is 1. The number of rotatable bonds is 5. The Morgan fingerprint density at radius 3 is 2.85 bits per heavy atom. The van der Waals surface area contributed by atoms with Gasteiger partial charge in [-0.2, -0.15) is 0 Å². The van der Waals surface area contributed by atoms with Crippen LogP contribution in [0.15, 0.2) is 40.2 Å². The zero-order valence-electron chi connectivity index (χ0n) is 10.1. The van der Waals surface area contributed by atoms with E-state index in [0.717, 1.165) is 15.8 Å².